The van der Waals surface area contributed by atoms with Gasteiger partial charge in [0.15, 0.2) is 0 Å². The first-order valence-corrected chi connectivity index (χ1v) is 8.17. The minimum Gasteiger partial charge on any atom is -0.481 e. The molecule has 0 amide bonds. The van der Waals surface area contributed by atoms with Crippen LogP contribution in [0.2, 0.25) is 0 Å². The number of rotatable bonds is 7. The quantitative estimate of drug-likeness (QED) is 0.810. The zero-order valence-electron chi connectivity index (χ0n) is 12.0. The van der Waals surface area contributed by atoms with Crippen molar-refractivity contribution in [2.75, 3.05) is 10.5 Å². The van der Waals surface area contributed by atoms with E-state index in [9.17, 15) is 13.2 Å². The highest BCUT2D eigenvalue weighted by molar-refractivity contribution is 7.92. The molecule has 0 saturated heterocycles. The van der Waals surface area contributed by atoms with Gasteiger partial charge in [-0.2, -0.15) is 0 Å². The zero-order chi connectivity index (χ0) is 15.3. The van der Waals surface area contributed by atoms with Crippen LogP contribution in [0.15, 0.2) is 24.3 Å². The van der Waals surface area contributed by atoms with Gasteiger partial charge in [0, 0.05) is 5.69 Å². The van der Waals surface area contributed by atoms with Crippen LogP contribution in [-0.2, 0) is 14.8 Å². The molecule has 0 aliphatic rings. The van der Waals surface area contributed by atoms with E-state index in [0.29, 0.717) is 5.69 Å². The van der Waals surface area contributed by atoms with E-state index in [-0.39, 0.29) is 24.0 Å². The van der Waals surface area contributed by atoms with E-state index < -0.39 is 16.0 Å². The molecule has 5 nitrogen and oxygen atoms in total. The van der Waals surface area contributed by atoms with Crippen LogP contribution in [0.25, 0.3) is 0 Å². The maximum absolute atomic E-state index is 11.8. The van der Waals surface area contributed by atoms with Crippen molar-refractivity contribution in [1.82, 2.24) is 0 Å². The minimum absolute atomic E-state index is 0.0540. The second-order valence-corrected chi connectivity index (χ2v) is 7.17. The highest BCUT2D eigenvalue weighted by atomic mass is 32.2. The number of hydrogen-bond donors (Lipinski definition) is 2. The summed E-state index contributed by atoms with van der Waals surface area (Å²) in [5.41, 5.74) is 1.37. The number of benzene rings is 1. The number of nitrogens with one attached hydrogen (secondary N) is 1. The van der Waals surface area contributed by atoms with E-state index in [1.54, 1.807) is 24.3 Å². The van der Waals surface area contributed by atoms with Crippen LogP contribution in [-0.4, -0.2) is 25.2 Å². The van der Waals surface area contributed by atoms with E-state index in [1.165, 1.54) is 0 Å². The lowest BCUT2D eigenvalue weighted by molar-refractivity contribution is -0.137. The van der Waals surface area contributed by atoms with E-state index >= 15 is 0 Å². The van der Waals surface area contributed by atoms with Crippen molar-refractivity contribution in [2.24, 2.45) is 5.92 Å². The van der Waals surface area contributed by atoms with Gasteiger partial charge in [0.1, 0.15) is 0 Å². The Morgan fingerprint density at radius 2 is 1.75 bits per heavy atom. The second kappa shape index (κ2) is 6.74. The third-order valence-electron chi connectivity index (χ3n) is 2.79. The molecule has 1 rings (SSSR count). The van der Waals surface area contributed by atoms with Crippen molar-refractivity contribution in [3.8, 4) is 0 Å². The van der Waals surface area contributed by atoms with Crippen LogP contribution in [0, 0.1) is 5.92 Å². The van der Waals surface area contributed by atoms with Gasteiger partial charge in [-0.3, -0.25) is 9.52 Å². The third-order valence-corrected chi connectivity index (χ3v) is 4.44. The summed E-state index contributed by atoms with van der Waals surface area (Å²) < 4.78 is 26.1. The minimum atomic E-state index is -3.33. The number of hydrogen-bond acceptors (Lipinski definition) is 3. The lowest BCUT2D eigenvalue weighted by Crippen LogP contribution is -2.20. The summed E-state index contributed by atoms with van der Waals surface area (Å²) in [5, 5.41) is 8.74. The van der Waals surface area contributed by atoms with Crippen LogP contribution in [0.3, 0.4) is 0 Å². The molecule has 0 fully saturated rings. The molecule has 0 spiro atoms. The van der Waals surface area contributed by atoms with Crippen molar-refractivity contribution in [3.05, 3.63) is 29.8 Å². The topological polar surface area (TPSA) is 83.5 Å². The SMILES string of the molecule is CC(C)CS(=O)(=O)Nc1ccc(C(C)CC(=O)O)cc1. The Morgan fingerprint density at radius 1 is 1.20 bits per heavy atom. The summed E-state index contributed by atoms with van der Waals surface area (Å²) in [7, 11) is -3.33. The number of anilines is 1. The molecule has 1 aromatic carbocycles. The molecule has 20 heavy (non-hydrogen) atoms. The fourth-order valence-electron chi connectivity index (χ4n) is 1.92. The fourth-order valence-corrected chi connectivity index (χ4v) is 3.38. The summed E-state index contributed by atoms with van der Waals surface area (Å²) in [4.78, 5) is 10.6. The van der Waals surface area contributed by atoms with Crippen molar-refractivity contribution in [1.29, 1.82) is 0 Å². The Kier molecular flexibility index (Phi) is 5.56. The second-order valence-electron chi connectivity index (χ2n) is 5.40. The molecule has 0 aromatic heterocycles. The number of sulfonamides is 1. The smallest absolute Gasteiger partial charge is 0.303 e. The third kappa shape index (κ3) is 5.61. The molecule has 6 heteroatoms. The van der Waals surface area contributed by atoms with Crippen LogP contribution in [0.5, 0.6) is 0 Å². The van der Waals surface area contributed by atoms with E-state index in [2.05, 4.69) is 4.72 Å². The summed E-state index contributed by atoms with van der Waals surface area (Å²) in [6, 6.07) is 6.82. The van der Waals surface area contributed by atoms with Crippen LogP contribution < -0.4 is 4.72 Å². The highest BCUT2D eigenvalue weighted by Crippen LogP contribution is 2.21. The van der Waals surface area contributed by atoms with E-state index in [4.69, 9.17) is 5.11 Å². The van der Waals surface area contributed by atoms with Gasteiger partial charge >= 0.3 is 5.97 Å². The molecule has 0 heterocycles. The number of carbonyl (C=O) groups is 1. The highest BCUT2D eigenvalue weighted by Gasteiger charge is 2.14. The van der Waals surface area contributed by atoms with Gasteiger partial charge in [0.05, 0.1) is 12.2 Å². The van der Waals surface area contributed by atoms with Crippen LogP contribution in [0.1, 0.15) is 38.7 Å². The lowest BCUT2D eigenvalue weighted by atomic mass is 9.98. The molecular weight excluding hydrogens is 278 g/mol. The largest absolute Gasteiger partial charge is 0.481 e. The normalized spacial score (nSPS) is 13.2. The molecule has 0 aliphatic heterocycles. The maximum atomic E-state index is 11.8. The van der Waals surface area contributed by atoms with Crippen molar-refractivity contribution in [3.63, 3.8) is 0 Å². The monoisotopic (exact) mass is 299 g/mol. The fraction of sp³-hybridized carbons (Fsp3) is 0.500. The van der Waals surface area contributed by atoms with Gasteiger partial charge in [-0.15, -0.1) is 0 Å². The van der Waals surface area contributed by atoms with Crippen LogP contribution >= 0.6 is 0 Å². The first kappa shape index (κ1) is 16.5. The Bertz CT molecular complexity index is 549. The lowest BCUT2D eigenvalue weighted by Gasteiger charge is -2.12. The molecule has 1 atom stereocenters. The van der Waals surface area contributed by atoms with Crippen molar-refractivity contribution < 1.29 is 18.3 Å². The molecule has 0 aliphatic carbocycles. The number of carboxylic acids is 1. The number of carboxylic acid groups (broad SMARTS) is 1. The standard InChI is InChI=1S/C14H21NO4S/c1-10(2)9-20(18,19)15-13-6-4-12(5-7-13)11(3)8-14(16)17/h4-7,10-11,15H,8-9H2,1-3H3,(H,16,17). The van der Waals surface area contributed by atoms with Gasteiger partial charge in [0.2, 0.25) is 10.0 Å². The van der Waals surface area contributed by atoms with Gasteiger partial charge in [-0.05, 0) is 29.5 Å². The molecule has 1 unspecified atom stereocenters. The first-order chi connectivity index (χ1) is 9.19. The predicted octanol–water partition coefficient (Wildman–Crippen LogP) is 2.66. The summed E-state index contributed by atoms with van der Waals surface area (Å²) >= 11 is 0. The summed E-state index contributed by atoms with van der Waals surface area (Å²) in [6.07, 6.45) is 0.0540. The summed E-state index contributed by atoms with van der Waals surface area (Å²) in [6.45, 7) is 5.51. The first-order valence-electron chi connectivity index (χ1n) is 6.52. The maximum Gasteiger partial charge on any atom is 0.303 e. The average molecular weight is 299 g/mol. The van der Waals surface area contributed by atoms with Crippen molar-refractivity contribution >= 4 is 21.7 Å². The molecule has 0 radical (unpaired) electrons. The van der Waals surface area contributed by atoms with E-state index in [0.717, 1.165) is 5.56 Å². The average Bonchev–Trinajstić information content (AvgIpc) is 2.26. The van der Waals surface area contributed by atoms with Gasteiger partial charge in [-0.25, -0.2) is 8.42 Å². The van der Waals surface area contributed by atoms with Gasteiger partial charge in [-0.1, -0.05) is 32.9 Å². The Hall–Kier alpha value is -1.56. The van der Waals surface area contributed by atoms with E-state index in [1.807, 2.05) is 20.8 Å². The molecule has 0 saturated carbocycles. The molecular formula is C14H21NO4S. The summed E-state index contributed by atoms with van der Waals surface area (Å²) in [5.74, 6) is -0.820. The van der Waals surface area contributed by atoms with Crippen LogP contribution in [0.4, 0.5) is 5.69 Å². The Morgan fingerprint density at radius 3 is 2.20 bits per heavy atom. The molecule has 1 aromatic rings. The van der Waals surface area contributed by atoms with Gasteiger partial charge in [0.25, 0.3) is 0 Å². The molecule has 0 bridgehead atoms. The molecule has 112 valence electrons. The predicted molar refractivity (Wildman–Crippen MR) is 79.4 cm³/mol. The van der Waals surface area contributed by atoms with Gasteiger partial charge < -0.3 is 5.11 Å². The molecule has 2 N–H and O–H groups in total. The Labute approximate surface area is 120 Å². The van der Waals surface area contributed by atoms with Crippen molar-refractivity contribution in [2.45, 2.75) is 33.1 Å². The zero-order valence-corrected chi connectivity index (χ0v) is 12.8. The number of aliphatic carboxylic acids is 1. The Balaban J connectivity index is 2.74.